The number of benzene rings is 2. The van der Waals surface area contributed by atoms with E-state index in [1.807, 2.05) is 55.5 Å². The summed E-state index contributed by atoms with van der Waals surface area (Å²) in [5.41, 5.74) is 6.77. The van der Waals surface area contributed by atoms with Gasteiger partial charge >= 0.3 is 0 Å². The number of H-pyrrole nitrogens is 1. The second-order valence-electron chi connectivity index (χ2n) is 8.19. The summed E-state index contributed by atoms with van der Waals surface area (Å²) in [5.74, 6) is -0.302. The van der Waals surface area contributed by atoms with Crippen LogP contribution in [0.25, 0.3) is 43.6 Å². The van der Waals surface area contributed by atoms with Crippen LogP contribution >= 0.6 is 11.3 Å². The van der Waals surface area contributed by atoms with Crippen molar-refractivity contribution in [1.29, 1.82) is 5.26 Å². The molecule has 0 aliphatic heterocycles. The van der Waals surface area contributed by atoms with E-state index >= 15 is 0 Å². The van der Waals surface area contributed by atoms with E-state index in [1.54, 1.807) is 24.5 Å². The summed E-state index contributed by atoms with van der Waals surface area (Å²) >= 11 is 1.30. The highest BCUT2D eigenvalue weighted by atomic mass is 32.1. The molecule has 1 amide bonds. The topological polar surface area (TPSA) is 120 Å². The van der Waals surface area contributed by atoms with E-state index in [4.69, 9.17) is 10.2 Å². The van der Waals surface area contributed by atoms with E-state index in [0.717, 1.165) is 39.0 Å². The minimum Gasteiger partial charge on any atom is -0.298 e. The van der Waals surface area contributed by atoms with Crippen LogP contribution in [-0.2, 0) is 0 Å². The van der Waals surface area contributed by atoms with Crippen molar-refractivity contribution < 1.29 is 4.79 Å². The number of pyridine rings is 2. The van der Waals surface area contributed by atoms with E-state index in [2.05, 4.69) is 31.6 Å². The maximum absolute atomic E-state index is 13.4. The lowest BCUT2D eigenvalue weighted by Crippen LogP contribution is -2.13. The third-order valence-electron chi connectivity index (χ3n) is 5.85. The van der Waals surface area contributed by atoms with Crippen molar-refractivity contribution in [1.82, 2.24) is 25.1 Å². The molecule has 8 nitrogen and oxygen atoms in total. The van der Waals surface area contributed by atoms with Gasteiger partial charge in [-0.15, -0.1) is 0 Å². The average Bonchev–Trinajstić information content (AvgIpc) is 3.54. The van der Waals surface area contributed by atoms with Crippen LogP contribution < -0.4 is 5.32 Å². The number of carbonyl (C=O) groups is 1. The number of thiazole rings is 1. The molecule has 6 aromatic rings. The number of nitriles is 1. The van der Waals surface area contributed by atoms with E-state index in [9.17, 15) is 4.79 Å². The SMILES string of the molecule is Cc1cc(-c2cccc3[nH]ncc23)c(C(=O)Nc2nc3ccc(-c4ccc(C#N)cc4)nc3s2)cn1. The van der Waals surface area contributed by atoms with Crippen LogP contribution in [0.15, 0.2) is 73.1 Å². The quantitative estimate of drug-likeness (QED) is 0.328. The van der Waals surface area contributed by atoms with Crippen molar-refractivity contribution in [3.05, 3.63) is 89.9 Å². The number of aryl methyl sites for hydroxylation is 1. The molecular weight excluding hydrogens is 470 g/mol. The van der Waals surface area contributed by atoms with Gasteiger partial charge in [0.2, 0.25) is 0 Å². The summed E-state index contributed by atoms with van der Waals surface area (Å²) in [6.45, 7) is 1.89. The Kier molecular flexibility index (Phi) is 5.21. The first-order valence-corrected chi connectivity index (χ1v) is 11.9. The van der Waals surface area contributed by atoms with Gasteiger partial charge in [0.1, 0.15) is 10.3 Å². The van der Waals surface area contributed by atoms with Crippen LogP contribution in [0, 0.1) is 18.3 Å². The van der Waals surface area contributed by atoms with Crippen LogP contribution in [0.3, 0.4) is 0 Å². The first kappa shape index (κ1) is 21.6. The lowest BCUT2D eigenvalue weighted by Gasteiger charge is -2.11. The van der Waals surface area contributed by atoms with Gasteiger partial charge in [0.15, 0.2) is 5.13 Å². The normalized spacial score (nSPS) is 11.0. The summed E-state index contributed by atoms with van der Waals surface area (Å²) < 4.78 is 0. The van der Waals surface area contributed by atoms with E-state index in [1.165, 1.54) is 11.3 Å². The number of aromatic amines is 1. The lowest BCUT2D eigenvalue weighted by atomic mass is 9.97. The molecule has 4 aromatic heterocycles. The molecular formula is C27H17N7OS. The number of nitrogens with zero attached hydrogens (tertiary/aromatic N) is 5. The van der Waals surface area contributed by atoms with Crippen molar-refractivity contribution in [2.24, 2.45) is 0 Å². The van der Waals surface area contributed by atoms with E-state index in [-0.39, 0.29) is 5.91 Å². The van der Waals surface area contributed by atoms with Crippen molar-refractivity contribution in [2.75, 3.05) is 5.32 Å². The molecule has 2 N–H and O–H groups in total. The van der Waals surface area contributed by atoms with Gasteiger partial charge in [0.25, 0.3) is 5.91 Å². The van der Waals surface area contributed by atoms with E-state index in [0.29, 0.717) is 26.6 Å². The van der Waals surface area contributed by atoms with Crippen molar-refractivity contribution in [2.45, 2.75) is 6.92 Å². The molecule has 0 radical (unpaired) electrons. The summed E-state index contributed by atoms with van der Waals surface area (Å²) in [6.07, 6.45) is 3.35. The molecule has 9 heteroatoms. The largest absolute Gasteiger partial charge is 0.298 e. The maximum atomic E-state index is 13.4. The lowest BCUT2D eigenvalue weighted by molar-refractivity contribution is 0.102. The molecule has 0 saturated carbocycles. The summed E-state index contributed by atoms with van der Waals surface area (Å²) in [4.78, 5) is 27.7. The third kappa shape index (κ3) is 3.85. The van der Waals surface area contributed by atoms with Gasteiger partial charge in [-0.05, 0) is 54.4 Å². The van der Waals surface area contributed by atoms with Crippen LogP contribution in [0.2, 0.25) is 0 Å². The standard InChI is InChI=1S/C27H17N7OS/c1-15-11-19(18-3-2-4-23-20(18)14-30-34-23)21(13-29-15)25(35)33-27-32-24-10-9-22(31-26(24)36-27)17-7-5-16(12-28)6-8-17/h2-11,13-14H,1H3,(H,30,34)(H,32,33,35). The fourth-order valence-electron chi connectivity index (χ4n) is 4.08. The zero-order valence-electron chi connectivity index (χ0n) is 19.0. The Labute approximate surface area is 209 Å². The fourth-order valence-corrected chi connectivity index (χ4v) is 4.91. The maximum Gasteiger partial charge on any atom is 0.259 e. The van der Waals surface area contributed by atoms with Crippen molar-refractivity contribution in [3.63, 3.8) is 0 Å². The summed E-state index contributed by atoms with van der Waals surface area (Å²) in [7, 11) is 0. The molecule has 172 valence electrons. The van der Waals surface area contributed by atoms with Crippen molar-refractivity contribution >= 4 is 43.6 Å². The van der Waals surface area contributed by atoms with Gasteiger partial charge < -0.3 is 0 Å². The first-order chi connectivity index (χ1) is 17.6. The number of anilines is 1. The molecule has 0 saturated heterocycles. The zero-order valence-corrected chi connectivity index (χ0v) is 19.8. The Balaban J connectivity index is 1.33. The van der Waals surface area contributed by atoms with Gasteiger partial charge in [-0.3, -0.25) is 20.2 Å². The highest BCUT2D eigenvalue weighted by Gasteiger charge is 2.18. The number of hydrogen-bond acceptors (Lipinski definition) is 7. The Morgan fingerprint density at radius 1 is 1.03 bits per heavy atom. The fraction of sp³-hybridized carbons (Fsp3) is 0.0370. The molecule has 2 aromatic carbocycles. The minimum atomic E-state index is -0.302. The number of amides is 1. The van der Waals surface area contributed by atoms with Gasteiger partial charge in [0.05, 0.1) is 34.6 Å². The van der Waals surface area contributed by atoms with Crippen LogP contribution in [-0.4, -0.2) is 31.1 Å². The Morgan fingerprint density at radius 3 is 2.72 bits per heavy atom. The average molecular weight is 488 g/mol. The van der Waals surface area contributed by atoms with Gasteiger partial charge in [0, 0.05) is 22.8 Å². The number of nitrogens with one attached hydrogen (secondary N) is 2. The van der Waals surface area contributed by atoms with Gasteiger partial charge in [-0.1, -0.05) is 35.6 Å². The molecule has 4 heterocycles. The number of rotatable bonds is 4. The van der Waals surface area contributed by atoms with Gasteiger partial charge in [-0.25, -0.2) is 9.97 Å². The molecule has 36 heavy (non-hydrogen) atoms. The van der Waals surface area contributed by atoms with Crippen LogP contribution in [0.4, 0.5) is 5.13 Å². The smallest absolute Gasteiger partial charge is 0.259 e. The number of carbonyl (C=O) groups excluding carboxylic acids is 1. The molecule has 0 spiro atoms. The molecule has 0 aliphatic carbocycles. The highest BCUT2D eigenvalue weighted by Crippen LogP contribution is 2.32. The van der Waals surface area contributed by atoms with Gasteiger partial charge in [-0.2, -0.15) is 10.4 Å². The first-order valence-electron chi connectivity index (χ1n) is 11.1. The minimum absolute atomic E-state index is 0.302. The molecule has 0 atom stereocenters. The molecule has 0 unspecified atom stereocenters. The number of aromatic nitrogens is 5. The second-order valence-corrected chi connectivity index (χ2v) is 9.17. The zero-order chi connectivity index (χ0) is 24.6. The Hall–Kier alpha value is -4.94. The monoisotopic (exact) mass is 487 g/mol. The molecule has 6 rings (SSSR count). The number of hydrogen-bond donors (Lipinski definition) is 2. The van der Waals surface area contributed by atoms with Crippen LogP contribution in [0.1, 0.15) is 21.6 Å². The molecule has 0 bridgehead atoms. The Bertz CT molecular complexity index is 1810. The third-order valence-corrected chi connectivity index (χ3v) is 6.73. The predicted octanol–water partition coefficient (Wildman–Crippen LogP) is 5.73. The highest BCUT2D eigenvalue weighted by molar-refractivity contribution is 7.22. The van der Waals surface area contributed by atoms with E-state index < -0.39 is 0 Å². The molecule has 0 aliphatic rings. The predicted molar refractivity (Wildman–Crippen MR) is 140 cm³/mol. The summed E-state index contributed by atoms with van der Waals surface area (Å²) in [6, 6.07) is 20.9. The molecule has 0 fully saturated rings. The number of fused-ring (bicyclic) bond motifs is 2. The Morgan fingerprint density at radius 2 is 1.89 bits per heavy atom. The van der Waals surface area contributed by atoms with Crippen LogP contribution in [0.5, 0.6) is 0 Å². The summed E-state index contributed by atoms with van der Waals surface area (Å²) in [5, 5.41) is 20.4. The van der Waals surface area contributed by atoms with Crippen molar-refractivity contribution in [3.8, 4) is 28.5 Å². The second kappa shape index (κ2) is 8.69.